The lowest BCUT2D eigenvalue weighted by Gasteiger charge is -2.10. The lowest BCUT2D eigenvalue weighted by molar-refractivity contribution is -0.105. The van der Waals surface area contributed by atoms with Crippen LogP contribution in [0.4, 0.5) is 5.69 Å². The fourth-order valence-corrected chi connectivity index (χ4v) is 1.19. The van der Waals surface area contributed by atoms with E-state index >= 15 is 0 Å². The van der Waals surface area contributed by atoms with E-state index in [0.717, 1.165) is 0 Å². The van der Waals surface area contributed by atoms with E-state index < -0.39 is 0 Å². The van der Waals surface area contributed by atoms with Gasteiger partial charge in [-0.2, -0.15) is 0 Å². The molecule has 1 radical (unpaired) electrons. The van der Waals surface area contributed by atoms with Gasteiger partial charge in [0.05, 0.1) is 12.3 Å². The average Bonchev–Trinajstić information content (AvgIpc) is 2.18. The molecular formula is C10H11ClNO2. The van der Waals surface area contributed by atoms with E-state index in [2.05, 4.69) is 5.32 Å². The second kappa shape index (κ2) is 5.50. The molecule has 0 aliphatic carbocycles. The van der Waals surface area contributed by atoms with Crippen molar-refractivity contribution in [1.82, 2.24) is 0 Å². The topological polar surface area (TPSA) is 38.3 Å². The minimum absolute atomic E-state index is 0.567. The molecule has 0 spiro atoms. The van der Waals surface area contributed by atoms with Crippen molar-refractivity contribution >= 4 is 23.6 Å². The summed E-state index contributed by atoms with van der Waals surface area (Å²) < 4.78 is 5.33. The molecule has 0 aliphatic rings. The average molecular weight is 213 g/mol. The largest absolute Gasteiger partial charge is 0.492 e. The van der Waals surface area contributed by atoms with Gasteiger partial charge in [0.1, 0.15) is 18.6 Å². The summed E-state index contributed by atoms with van der Waals surface area (Å²) in [6.45, 7) is 3.74. The highest BCUT2D eigenvalue weighted by atomic mass is 35.5. The van der Waals surface area contributed by atoms with E-state index in [-0.39, 0.29) is 0 Å². The number of hydrogen-bond donors (Lipinski definition) is 1. The van der Waals surface area contributed by atoms with Gasteiger partial charge in [-0.3, -0.25) is 0 Å². The number of hydrogen-bond acceptors (Lipinski definition) is 3. The number of carbonyl (C=O) groups is 1. The molecule has 1 N–H and O–H groups in total. The second-order valence-corrected chi connectivity index (χ2v) is 2.96. The molecule has 1 aromatic rings. The lowest BCUT2D eigenvalue weighted by atomic mass is 10.3. The molecular weight excluding hydrogens is 202 g/mol. The van der Waals surface area contributed by atoms with Crippen molar-refractivity contribution in [2.45, 2.75) is 6.92 Å². The molecule has 3 nitrogen and oxygen atoms in total. The number of rotatable bonds is 5. The zero-order valence-corrected chi connectivity index (χ0v) is 8.54. The van der Waals surface area contributed by atoms with Gasteiger partial charge in [-0.15, -0.1) is 0 Å². The van der Waals surface area contributed by atoms with Crippen LogP contribution in [-0.2, 0) is 4.79 Å². The van der Waals surface area contributed by atoms with Gasteiger partial charge >= 0.3 is 0 Å². The molecule has 0 saturated carbocycles. The van der Waals surface area contributed by atoms with E-state index in [4.69, 9.17) is 16.3 Å². The molecule has 0 aromatic heterocycles. The molecule has 14 heavy (non-hydrogen) atoms. The Morgan fingerprint density at radius 2 is 2.36 bits per heavy atom. The quantitative estimate of drug-likeness (QED) is 0.763. The highest BCUT2D eigenvalue weighted by Crippen LogP contribution is 2.27. The van der Waals surface area contributed by atoms with Crippen molar-refractivity contribution < 1.29 is 9.53 Å². The molecule has 0 fully saturated rings. The number of aldehydes is 1. The van der Waals surface area contributed by atoms with Gasteiger partial charge in [0.15, 0.2) is 0 Å². The minimum atomic E-state index is 0.567. The number of benzene rings is 1. The smallest absolute Gasteiger partial charge is 0.144 e. The molecule has 0 bridgehead atoms. The van der Waals surface area contributed by atoms with Crippen LogP contribution in [0.2, 0.25) is 5.02 Å². The van der Waals surface area contributed by atoms with E-state index in [0.29, 0.717) is 29.4 Å². The number of ether oxygens (including phenoxy) is 1. The summed E-state index contributed by atoms with van der Waals surface area (Å²) in [5.74, 6) is 0.676. The first-order valence-corrected chi connectivity index (χ1v) is 4.61. The SMILES string of the molecule is CCOc1ccc(Cl)cc1N[CH]C=O. The van der Waals surface area contributed by atoms with Crippen LogP contribution >= 0.6 is 11.6 Å². The first-order valence-electron chi connectivity index (χ1n) is 4.23. The fourth-order valence-electron chi connectivity index (χ4n) is 1.02. The number of carbonyl (C=O) groups excluding carboxylic acids is 1. The molecule has 0 saturated heterocycles. The van der Waals surface area contributed by atoms with Crippen LogP contribution in [0.5, 0.6) is 5.75 Å². The van der Waals surface area contributed by atoms with Crippen LogP contribution < -0.4 is 10.1 Å². The highest BCUT2D eigenvalue weighted by molar-refractivity contribution is 6.30. The predicted molar refractivity (Wildman–Crippen MR) is 56.6 cm³/mol. The summed E-state index contributed by atoms with van der Waals surface area (Å²) in [5.41, 5.74) is 0.687. The lowest BCUT2D eigenvalue weighted by Crippen LogP contribution is -2.00. The summed E-state index contributed by atoms with van der Waals surface area (Å²) in [6.07, 6.45) is 0.663. The standard InChI is InChI=1S/C10H11ClNO2/c1-2-14-10-4-3-8(11)7-9(10)12-5-6-13/h3-7,12H,2H2,1H3. The zero-order valence-electron chi connectivity index (χ0n) is 7.79. The zero-order chi connectivity index (χ0) is 10.4. The summed E-state index contributed by atoms with van der Waals surface area (Å²) in [6, 6.07) is 5.19. The van der Waals surface area contributed by atoms with E-state index in [9.17, 15) is 4.79 Å². The van der Waals surface area contributed by atoms with Crippen molar-refractivity contribution in [1.29, 1.82) is 0 Å². The Morgan fingerprint density at radius 1 is 1.57 bits per heavy atom. The monoisotopic (exact) mass is 212 g/mol. The minimum Gasteiger partial charge on any atom is -0.492 e. The maximum atomic E-state index is 10.1. The second-order valence-electron chi connectivity index (χ2n) is 2.52. The third-order valence-electron chi connectivity index (χ3n) is 1.55. The van der Waals surface area contributed by atoms with Crippen molar-refractivity contribution in [3.05, 3.63) is 29.8 Å². The van der Waals surface area contributed by atoms with Gasteiger partial charge < -0.3 is 14.8 Å². The van der Waals surface area contributed by atoms with Crippen LogP contribution in [0.1, 0.15) is 6.92 Å². The summed E-state index contributed by atoms with van der Waals surface area (Å²) in [4.78, 5) is 10.1. The van der Waals surface area contributed by atoms with Gasteiger partial charge in [0, 0.05) is 5.02 Å². The predicted octanol–water partition coefficient (Wildman–Crippen LogP) is 2.51. The third-order valence-corrected chi connectivity index (χ3v) is 1.78. The van der Waals surface area contributed by atoms with E-state index in [1.54, 1.807) is 18.2 Å². The Kier molecular flexibility index (Phi) is 4.26. The molecule has 0 amide bonds. The summed E-state index contributed by atoms with van der Waals surface area (Å²) in [7, 11) is 0. The maximum absolute atomic E-state index is 10.1. The number of nitrogens with one attached hydrogen (secondary N) is 1. The number of anilines is 1. The van der Waals surface area contributed by atoms with Crippen LogP contribution in [0.15, 0.2) is 18.2 Å². The van der Waals surface area contributed by atoms with Gasteiger partial charge in [-0.25, -0.2) is 0 Å². The third kappa shape index (κ3) is 2.92. The number of halogens is 1. The molecule has 4 heteroatoms. The fraction of sp³-hybridized carbons (Fsp3) is 0.200. The van der Waals surface area contributed by atoms with Gasteiger partial charge in [-0.05, 0) is 25.1 Å². The van der Waals surface area contributed by atoms with Gasteiger partial charge in [0.25, 0.3) is 0 Å². The van der Waals surface area contributed by atoms with Gasteiger partial charge in [-0.1, -0.05) is 11.6 Å². The molecule has 0 unspecified atom stereocenters. The van der Waals surface area contributed by atoms with Crippen LogP contribution in [0, 0.1) is 6.54 Å². The first-order chi connectivity index (χ1) is 6.77. The van der Waals surface area contributed by atoms with Crippen LogP contribution in [0.3, 0.4) is 0 Å². The van der Waals surface area contributed by atoms with E-state index in [1.807, 2.05) is 6.92 Å². The molecule has 75 valence electrons. The van der Waals surface area contributed by atoms with E-state index in [1.165, 1.54) is 6.54 Å². The summed E-state index contributed by atoms with van der Waals surface area (Å²) in [5, 5.41) is 3.38. The Labute approximate surface area is 88.0 Å². The molecule has 1 aromatic carbocycles. The summed E-state index contributed by atoms with van der Waals surface area (Å²) >= 11 is 5.80. The molecule has 0 atom stereocenters. The normalized spacial score (nSPS) is 9.57. The first kappa shape index (κ1) is 10.9. The van der Waals surface area contributed by atoms with Crippen molar-refractivity contribution in [2.75, 3.05) is 11.9 Å². The maximum Gasteiger partial charge on any atom is 0.144 e. The van der Waals surface area contributed by atoms with Crippen molar-refractivity contribution in [3.8, 4) is 5.75 Å². The Morgan fingerprint density at radius 3 is 3.00 bits per heavy atom. The Balaban J connectivity index is 2.84. The Hall–Kier alpha value is -1.22. The van der Waals surface area contributed by atoms with Crippen molar-refractivity contribution in [2.24, 2.45) is 0 Å². The Bertz CT molecular complexity index is 315. The van der Waals surface area contributed by atoms with Gasteiger partial charge in [0.2, 0.25) is 0 Å². The van der Waals surface area contributed by atoms with Crippen LogP contribution in [0.25, 0.3) is 0 Å². The highest BCUT2D eigenvalue weighted by Gasteiger charge is 2.03. The molecule has 0 heterocycles. The molecule has 0 aliphatic heterocycles. The molecule has 1 rings (SSSR count). The van der Waals surface area contributed by atoms with Crippen LogP contribution in [-0.4, -0.2) is 12.9 Å². The van der Waals surface area contributed by atoms with Crippen molar-refractivity contribution in [3.63, 3.8) is 0 Å².